The van der Waals surface area contributed by atoms with Crippen LogP contribution in [0.1, 0.15) is 25.7 Å². The fourth-order valence-electron chi connectivity index (χ4n) is 0.717. The molecule has 3 N–H and O–H groups in total. The standard InChI is InChI=1S/C7H13N3S/c8-5-3-1-2-4-6-10-7(9)11/h1-4,6H2,(H3,9,10,11). The molecule has 3 nitrogen and oxygen atoms in total. The van der Waals surface area contributed by atoms with Crippen molar-refractivity contribution in [2.75, 3.05) is 6.54 Å². The summed E-state index contributed by atoms with van der Waals surface area (Å²) in [6, 6.07) is 2.10. The second-order valence-corrected chi connectivity index (χ2v) is 2.70. The van der Waals surface area contributed by atoms with Gasteiger partial charge in [0, 0.05) is 13.0 Å². The maximum atomic E-state index is 8.20. The number of hydrogen-bond donors (Lipinski definition) is 2. The van der Waals surface area contributed by atoms with Crippen molar-refractivity contribution in [3.8, 4) is 6.07 Å². The number of thiocarbonyl (C=S) groups is 1. The number of nitrogens with zero attached hydrogens (tertiary/aromatic N) is 1. The molecule has 0 saturated carbocycles. The van der Waals surface area contributed by atoms with E-state index in [9.17, 15) is 0 Å². The van der Waals surface area contributed by atoms with Crippen LogP contribution in [-0.4, -0.2) is 11.7 Å². The Morgan fingerprint density at radius 1 is 1.45 bits per heavy atom. The smallest absolute Gasteiger partial charge is 0.163 e. The van der Waals surface area contributed by atoms with Crippen LogP contribution in [0.15, 0.2) is 0 Å². The Morgan fingerprint density at radius 3 is 2.73 bits per heavy atom. The summed E-state index contributed by atoms with van der Waals surface area (Å²) in [6.07, 6.45) is 3.70. The molecule has 62 valence electrons. The molecule has 0 bridgehead atoms. The molecule has 0 amide bonds. The highest BCUT2D eigenvalue weighted by molar-refractivity contribution is 7.80. The van der Waals surface area contributed by atoms with Crippen LogP contribution in [0.5, 0.6) is 0 Å². The van der Waals surface area contributed by atoms with E-state index in [0.29, 0.717) is 11.5 Å². The fourth-order valence-corrected chi connectivity index (χ4v) is 0.819. The molecule has 0 radical (unpaired) electrons. The van der Waals surface area contributed by atoms with Gasteiger partial charge in [0.25, 0.3) is 0 Å². The largest absolute Gasteiger partial charge is 0.376 e. The van der Waals surface area contributed by atoms with Crippen molar-refractivity contribution in [1.82, 2.24) is 5.32 Å². The number of hydrogen-bond acceptors (Lipinski definition) is 2. The van der Waals surface area contributed by atoms with E-state index >= 15 is 0 Å². The van der Waals surface area contributed by atoms with Gasteiger partial charge in [0.1, 0.15) is 0 Å². The summed E-state index contributed by atoms with van der Waals surface area (Å²) in [5, 5.41) is 11.4. The zero-order valence-electron chi connectivity index (χ0n) is 6.47. The fraction of sp³-hybridized carbons (Fsp3) is 0.714. The van der Waals surface area contributed by atoms with E-state index in [1.807, 2.05) is 0 Å². The zero-order chi connectivity index (χ0) is 8.53. The third-order valence-electron chi connectivity index (χ3n) is 1.26. The Balaban J connectivity index is 2.92. The molecule has 0 unspecified atom stereocenters. The molecule has 4 heteroatoms. The first-order valence-electron chi connectivity index (χ1n) is 3.67. The van der Waals surface area contributed by atoms with Gasteiger partial charge in [-0.05, 0) is 25.1 Å². The summed E-state index contributed by atoms with van der Waals surface area (Å²) in [6.45, 7) is 0.820. The summed E-state index contributed by atoms with van der Waals surface area (Å²) in [5.41, 5.74) is 5.20. The van der Waals surface area contributed by atoms with Gasteiger partial charge in [-0.2, -0.15) is 5.26 Å². The lowest BCUT2D eigenvalue weighted by Crippen LogP contribution is -2.29. The Kier molecular flexibility index (Phi) is 6.75. The normalized spacial score (nSPS) is 8.64. The number of rotatable bonds is 5. The van der Waals surface area contributed by atoms with Crippen molar-refractivity contribution in [2.24, 2.45) is 5.73 Å². The molecule has 0 aromatic rings. The van der Waals surface area contributed by atoms with Crippen molar-refractivity contribution >= 4 is 17.3 Å². The lowest BCUT2D eigenvalue weighted by Gasteiger charge is -2.01. The van der Waals surface area contributed by atoms with Gasteiger partial charge in [0.15, 0.2) is 5.11 Å². The lowest BCUT2D eigenvalue weighted by molar-refractivity contribution is 0.674. The predicted molar refractivity (Wildman–Crippen MR) is 48.9 cm³/mol. The van der Waals surface area contributed by atoms with Crippen molar-refractivity contribution in [3.05, 3.63) is 0 Å². The number of nitrogens with two attached hydrogens (primary N) is 1. The van der Waals surface area contributed by atoms with E-state index in [1.165, 1.54) is 0 Å². The minimum absolute atomic E-state index is 0.352. The number of nitriles is 1. The van der Waals surface area contributed by atoms with E-state index in [-0.39, 0.29) is 0 Å². The zero-order valence-corrected chi connectivity index (χ0v) is 7.28. The Morgan fingerprint density at radius 2 is 2.18 bits per heavy atom. The molecular weight excluding hydrogens is 158 g/mol. The van der Waals surface area contributed by atoms with Crippen LogP contribution >= 0.6 is 12.2 Å². The molecule has 0 aromatic carbocycles. The van der Waals surface area contributed by atoms with Gasteiger partial charge in [-0.25, -0.2) is 0 Å². The quantitative estimate of drug-likeness (QED) is 0.476. The van der Waals surface area contributed by atoms with Crippen molar-refractivity contribution in [1.29, 1.82) is 5.26 Å². The molecule has 0 saturated heterocycles. The van der Waals surface area contributed by atoms with Crippen LogP contribution in [0.25, 0.3) is 0 Å². The van der Waals surface area contributed by atoms with Gasteiger partial charge in [-0.3, -0.25) is 0 Å². The van der Waals surface area contributed by atoms with E-state index in [4.69, 9.17) is 11.0 Å². The third-order valence-corrected chi connectivity index (χ3v) is 1.41. The highest BCUT2D eigenvalue weighted by Gasteiger charge is 1.88. The summed E-state index contributed by atoms with van der Waals surface area (Å²) in [4.78, 5) is 0. The van der Waals surface area contributed by atoms with Crippen molar-refractivity contribution in [3.63, 3.8) is 0 Å². The van der Waals surface area contributed by atoms with Gasteiger partial charge in [0.05, 0.1) is 6.07 Å². The molecule has 0 aliphatic heterocycles. The van der Waals surface area contributed by atoms with Crippen LogP contribution in [0, 0.1) is 11.3 Å². The van der Waals surface area contributed by atoms with Gasteiger partial charge in [-0.1, -0.05) is 6.42 Å². The van der Waals surface area contributed by atoms with E-state index in [2.05, 4.69) is 23.6 Å². The Bertz CT molecular complexity index is 150. The summed E-state index contributed by atoms with van der Waals surface area (Å²) in [7, 11) is 0. The molecule has 0 heterocycles. The minimum Gasteiger partial charge on any atom is -0.376 e. The summed E-state index contributed by atoms with van der Waals surface area (Å²) < 4.78 is 0. The topological polar surface area (TPSA) is 61.8 Å². The first kappa shape index (κ1) is 10.2. The van der Waals surface area contributed by atoms with Gasteiger partial charge >= 0.3 is 0 Å². The molecule has 0 fully saturated rings. The average Bonchev–Trinajstić information content (AvgIpc) is 1.96. The summed E-state index contributed by atoms with van der Waals surface area (Å²) in [5.74, 6) is 0. The highest BCUT2D eigenvalue weighted by Crippen LogP contribution is 1.96. The lowest BCUT2D eigenvalue weighted by atomic mass is 10.2. The monoisotopic (exact) mass is 171 g/mol. The average molecular weight is 171 g/mol. The van der Waals surface area contributed by atoms with E-state index in [0.717, 1.165) is 25.8 Å². The molecule has 0 rings (SSSR count). The van der Waals surface area contributed by atoms with Crippen LogP contribution in [0.4, 0.5) is 0 Å². The van der Waals surface area contributed by atoms with Gasteiger partial charge in [0.2, 0.25) is 0 Å². The third kappa shape index (κ3) is 9.18. The Hall–Kier alpha value is -0.820. The maximum Gasteiger partial charge on any atom is 0.163 e. The molecule has 0 aromatic heterocycles. The molecule has 0 aliphatic carbocycles. The summed E-state index contributed by atoms with van der Waals surface area (Å²) >= 11 is 4.61. The molecule has 0 aliphatic rings. The molecular formula is C7H13N3S. The van der Waals surface area contributed by atoms with Crippen LogP contribution < -0.4 is 11.1 Å². The first-order chi connectivity index (χ1) is 5.27. The molecule has 0 atom stereocenters. The van der Waals surface area contributed by atoms with E-state index < -0.39 is 0 Å². The van der Waals surface area contributed by atoms with Crippen molar-refractivity contribution in [2.45, 2.75) is 25.7 Å². The van der Waals surface area contributed by atoms with Gasteiger partial charge in [-0.15, -0.1) is 0 Å². The second kappa shape index (κ2) is 7.29. The first-order valence-corrected chi connectivity index (χ1v) is 4.08. The maximum absolute atomic E-state index is 8.20. The van der Waals surface area contributed by atoms with Crippen LogP contribution in [0.2, 0.25) is 0 Å². The molecule has 11 heavy (non-hydrogen) atoms. The highest BCUT2D eigenvalue weighted by atomic mass is 32.1. The van der Waals surface area contributed by atoms with Crippen LogP contribution in [0.3, 0.4) is 0 Å². The van der Waals surface area contributed by atoms with Crippen molar-refractivity contribution < 1.29 is 0 Å². The Labute approximate surface area is 72.6 Å². The second-order valence-electron chi connectivity index (χ2n) is 2.26. The SMILES string of the molecule is N#CCCCCCNC(N)=S. The number of unbranched alkanes of at least 4 members (excludes halogenated alkanes) is 3. The van der Waals surface area contributed by atoms with E-state index in [1.54, 1.807) is 0 Å². The minimum atomic E-state index is 0.352. The van der Waals surface area contributed by atoms with Crippen LogP contribution in [-0.2, 0) is 0 Å². The number of nitrogens with one attached hydrogen (secondary N) is 1. The molecule has 0 spiro atoms. The predicted octanol–water partition coefficient (Wildman–Crippen LogP) is 0.904. The van der Waals surface area contributed by atoms with Gasteiger partial charge < -0.3 is 11.1 Å².